The second kappa shape index (κ2) is 15.6. The number of amides is 2. The highest BCUT2D eigenvalue weighted by atomic mass is 19.4. The van der Waals surface area contributed by atoms with E-state index in [0.29, 0.717) is 11.1 Å². The number of fused-ring (bicyclic) bond motifs is 1. The van der Waals surface area contributed by atoms with Crippen LogP contribution in [0.1, 0.15) is 64.0 Å². The fourth-order valence-electron chi connectivity index (χ4n) is 5.54. The van der Waals surface area contributed by atoms with E-state index in [0.717, 1.165) is 9.47 Å². The third-order valence-electron chi connectivity index (χ3n) is 7.78. The quantitative estimate of drug-likeness (QED) is 0.115. The summed E-state index contributed by atoms with van der Waals surface area (Å²) in [5.41, 5.74) is -0.698. The van der Waals surface area contributed by atoms with Crippen LogP contribution in [0, 0.1) is 11.8 Å². The molecule has 0 bridgehead atoms. The van der Waals surface area contributed by atoms with Crippen LogP contribution in [0.5, 0.6) is 5.75 Å². The molecule has 2 aromatic carbocycles. The molecule has 1 fully saturated rings. The number of methoxy groups -OCH3 is 2. The molecule has 2 amide bonds. The second-order valence-corrected chi connectivity index (χ2v) is 14.2. The van der Waals surface area contributed by atoms with Crippen molar-refractivity contribution in [1.82, 2.24) is 9.47 Å². The van der Waals surface area contributed by atoms with Gasteiger partial charge in [-0.25, -0.2) is 18.8 Å². The van der Waals surface area contributed by atoms with Gasteiger partial charge in [-0.15, -0.1) is 0 Å². The van der Waals surface area contributed by atoms with Gasteiger partial charge >= 0.3 is 24.3 Å². The lowest BCUT2D eigenvalue weighted by Gasteiger charge is -2.36. The van der Waals surface area contributed by atoms with Crippen LogP contribution in [0.4, 0.5) is 38.5 Å². The number of esters is 1. The smallest absolute Gasteiger partial charge is 0.415 e. The van der Waals surface area contributed by atoms with Gasteiger partial charge in [0, 0.05) is 17.6 Å². The first-order chi connectivity index (χ1) is 24.2. The Morgan fingerprint density at radius 2 is 1.67 bits per heavy atom. The zero-order valence-corrected chi connectivity index (χ0v) is 30.4. The van der Waals surface area contributed by atoms with Gasteiger partial charge in [-0.3, -0.25) is 4.90 Å². The Balaban J connectivity index is 1.68. The number of carbonyl (C=O) groups is 3. The number of likely N-dealkylation sites (tertiary alicyclic amines) is 1. The van der Waals surface area contributed by atoms with Gasteiger partial charge < -0.3 is 33.7 Å². The predicted molar refractivity (Wildman–Crippen MR) is 188 cm³/mol. The number of aromatic nitrogens is 1. The molecule has 1 saturated heterocycles. The van der Waals surface area contributed by atoms with E-state index in [1.165, 1.54) is 49.5 Å². The molecular weight excluding hydrogens is 688 g/mol. The summed E-state index contributed by atoms with van der Waals surface area (Å²) >= 11 is 0. The summed E-state index contributed by atoms with van der Waals surface area (Å²) in [4.78, 5) is 40.4. The predicted octanol–water partition coefficient (Wildman–Crippen LogP) is 7.55. The molecule has 1 aliphatic rings. The molecule has 2 heterocycles. The fraction of sp³-hybridized carbons (Fsp3) is 0.486. The van der Waals surface area contributed by atoms with Crippen molar-refractivity contribution in [2.45, 2.75) is 84.1 Å². The summed E-state index contributed by atoms with van der Waals surface area (Å²) in [6.07, 6.45) is -7.29. The summed E-state index contributed by atoms with van der Waals surface area (Å²) in [5, 5.41) is 3.51. The Labute approximate surface area is 300 Å². The molecule has 0 radical (unpaired) electrons. The molecule has 2 unspecified atom stereocenters. The van der Waals surface area contributed by atoms with Gasteiger partial charge in [-0.1, -0.05) is 12.0 Å². The van der Waals surface area contributed by atoms with E-state index in [1.807, 2.05) is 0 Å². The van der Waals surface area contributed by atoms with Crippen molar-refractivity contribution in [1.29, 1.82) is 0 Å². The number of hydrogen-bond acceptors (Lipinski definition) is 8. The highest BCUT2D eigenvalue weighted by molar-refractivity contribution is 5.95. The van der Waals surface area contributed by atoms with Crippen molar-refractivity contribution >= 4 is 40.4 Å². The highest BCUT2D eigenvalue weighted by Gasteiger charge is 2.35. The fourth-order valence-corrected chi connectivity index (χ4v) is 5.54. The first-order valence-electron chi connectivity index (χ1n) is 16.5. The molecule has 2 atom stereocenters. The van der Waals surface area contributed by atoms with E-state index in [1.54, 1.807) is 53.7 Å². The minimum Gasteiger partial charge on any atom is -0.495 e. The lowest BCUT2D eigenvalue weighted by Crippen LogP contribution is -2.51. The standard InChI is InChI=1S/C37H44F4N4O7/c1-35(2,3)51-33(47)43-18-16-28(26(38)21-43)42-27-12-9-13-29-25(27)20-24(45(29)22-37(39,40)41)11-10-17-44(34(48)52-36(4,5)6)30-15-14-23(32(46)50-8)19-31(30)49-7/h9,12-15,19-20,26,28,42H,16-18,21-22H2,1-8H3. The number of nitrogens with zero attached hydrogens (tertiary/aromatic N) is 3. The number of halogens is 4. The number of benzene rings is 2. The lowest BCUT2D eigenvalue weighted by molar-refractivity contribution is -0.140. The summed E-state index contributed by atoms with van der Waals surface area (Å²) in [6, 6.07) is 9.71. The van der Waals surface area contributed by atoms with E-state index >= 15 is 4.39 Å². The van der Waals surface area contributed by atoms with Crippen LogP contribution in [-0.2, 0) is 20.8 Å². The molecule has 4 rings (SSSR count). The van der Waals surface area contributed by atoms with Gasteiger partial charge in [0.05, 0.1) is 55.8 Å². The maximum atomic E-state index is 15.4. The van der Waals surface area contributed by atoms with Gasteiger partial charge in [0.15, 0.2) is 0 Å². The number of hydrogen-bond donors (Lipinski definition) is 1. The Morgan fingerprint density at radius 3 is 2.27 bits per heavy atom. The molecular formula is C37H44F4N4O7. The molecule has 15 heteroatoms. The van der Waals surface area contributed by atoms with Crippen LogP contribution in [0.15, 0.2) is 42.5 Å². The van der Waals surface area contributed by atoms with E-state index < -0.39 is 54.3 Å². The van der Waals surface area contributed by atoms with Crippen LogP contribution in [-0.4, -0.2) is 91.1 Å². The highest BCUT2D eigenvalue weighted by Crippen LogP contribution is 2.33. The molecule has 1 aliphatic heterocycles. The molecule has 282 valence electrons. The molecule has 52 heavy (non-hydrogen) atoms. The summed E-state index contributed by atoms with van der Waals surface area (Å²) < 4.78 is 79.3. The van der Waals surface area contributed by atoms with Gasteiger partial charge in [0.1, 0.15) is 29.7 Å². The topological polar surface area (TPSA) is 112 Å². The largest absolute Gasteiger partial charge is 0.495 e. The minimum absolute atomic E-state index is 0.00439. The average Bonchev–Trinajstić information content (AvgIpc) is 3.38. The number of alkyl halides is 4. The molecule has 0 saturated carbocycles. The van der Waals surface area contributed by atoms with Crippen LogP contribution in [0.2, 0.25) is 0 Å². The van der Waals surface area contributed by atoms with Crippen LogP contribution < -0.4 is 15.0 Å². The third kappa shape index (κ3) is 10.2. The zero-order chi connectivity index (χ0) is 38.6. The Bertz CT molecular complexity index is 1850. The Morgan fingerprint density at radius 1 is 0.981 bits per heavy atom. The number of nitrogens with one attached hydrogen (secondary N) is 1. The van der Waals surface area contributed by atoms with Gasteiger partial charge in [-0.2, -0.15) is 13.2 Å². The van der Waals surface area contributed by atoms with E-state index in [-0.39, 0.29) is 54.3 Å². The second-order valence-electron chi connectivity index (χ2n) is 14.2. The van der Waals surface area contributed by atoms with Gasteiger partial charge in [0.25, 0.3) is 0 Å². The molecule has 0 aliphatic carbocycles. The number of anilines is 2. The Hall–Kier alpha value is -5.13. The van der Waals surface area contributed by atoms with Crippen molar-refractivity contribution < 1.29 is 50.9 Å². The molecule has 11 nitrogen and oxygen atoms in total. The van der Waals surface area contributed by atoms with E-state index in [4.69, 9.17) is 18.9 Å². The zero-order valence-electron chi connectivity index (χ0n) is 30.4. The molecule has 0 spiro atoms. The maximum absolute atomic E-state index is 15.4. The van der Waals surface area contributed by atoms with Crippen LogP contribution in [0.3, 0.4) is 0 Å². The lowest BCUT2D eigenvalue weighted by atomic mass is 10.0. The van der Waals surface area contributed by atoms with Crippen LogP contribution >= 0.6 is 0 Å². The van der Waals surface area contributed by atoms with Crippen LogP contribution in [0.25, 0.3) is 10.9 Å². The SMILES string of the molecule is COC(=O)c1ccc(N(CC#Cc2cc3c(NC4CCN(C(=O)OC(C)(C)C)CC4F)cccc3n2CC(F)(F)F)C(=O)OC(C)(C)C)c(OC)c1. The summed E-state index contributed by atoms with van der Waals surface area (Å²) in [7, 11) is 2.56. The molecule has 3 aromatic rings. The van der Waals surface area contributed by atoms with Gasteiger partial charge in [-0.05, 0) is 90.3 Å². The van der Waals surface area contributed by atoms with Gasteiger partial charge in [0.2, 0.25) is 0 Å². The summed E-state index contributed by atoms with van der Waals surface area (Å²) in [5.74, 6) is 5.08. The van der Waals surface area contributed by atoms with E-state index in [9.17, 15) is 27.6 Å². The van der Waals surface area contributed by atoms with Crippen molar-refractivity contribution in [2.24, 2.45) is 0 Å². The Kier molecular flexibility index (Phi) is 11.9. The van der Waals surface area contributed by atoms with Crippen molar-refractivity contribution in [3.63, 3.8) is 0 Å². The molecule has 1 aromatic heterocycles. The molecule has 1 N–H and O–H groups in total. The monoisotopic (exact) mass is 732 g/mol. The first-order valence-corrected chi connectivity index (χ1v) is 16.5. The minimum atomic E-state index is -4.61. The number of ether oxygens (including phenoxy) is 4. The van der Waals surface area contributed by atoms with Crippen molar-refractivity contribution in [3.05, 3.63) is 53.7 Å². The summed E-state index contributed by atoms with van der Waals surface area (Å²) in [6.45, 7) is 8.49. The number of piperidine rings is 1. The third-order valence-corrected chi connectivity index (χ3v) is 7.78. The first kappa shape index (κ1) is 39.7. The maximum Gasteiger partial charge on any atom is 0.415 e. The van der Waals surface area contributed by atoms with Crippen molar-refractivity contribution in [3.8, 4) is 17.6 Å². The van der Waals surface area contributed by atoms with E-state index in [2.05, 4.69) is 17.2 Å². The normalized spacial score (nSPS) is 16.4. The average molecular weight is 733 g/mol. The number of carbonyl (C=O) groups excluding carboxylic acids is 3. The van der Waals surface area contributed by atoms with Crippen molar-refractivity contribution in [2.75, 3.05) is 44.1 Å². The number of rotatable bonds is 7.